The molecule has 0 amide bonds. The van der Waals surface area contributed by atoms with Crippen molar-refractivity contribution in [2.75, 3.05) is 37.8 Å². The number of rotatable bonds is 6. The number of likely N-dealkylation sites (N-methyl/N-ethyl adjacent to an activating group) is 1. The predicted molar refractivity (Wildman–Crippen MR) is 82.0 cm³/mol. The van der Waals surface area contributed by atoms with E-state index in [-0.39, 0.29) is 0 Å². The van der Waals surface area contributed by atoms with Gasteiger partial charge in [0.2, 0.25) is 5.95 Å². The molecule has 0 saturated heterocycles. The van der Waals surface area contributed by atoms with Crippen molar-refractivity contribution in [2.45, 2.75) is 44.6 Å². The van der Waals surface area contributed by atoms with E-state index >= 15 is 0 Å². The van der Waals surface area contributed by atoms with Crippen LogP contribution in [0.25, 0.3) is 0 Å². The minimum absolute atomic E-state index is 0.497. The molecule has 20 heavy (non-hydrogen) atoms. The number of hydrogen-bond acceptors (Lipinski definition) is 6. The van der Waals surface area contributed by atoms with E-state index in [1.165, 1.54) is 38.5 Å². The third-order valence-corrected chi connectivity index (χ3v) is 3.61. The third-order valence-electron chi connectivity index (χ3n) is 3.61. The Morgan fingerprint density at radius 3 is 2.65 bits per heavy atom. The molecule has 0 radical (unpaired) electrons. The summed E-state index contributed by atoms with van der Waals surface area (Å²) in [5.74, 6) is 1.43. The molecule has 1 fully saturated rings. The molecule has 1 heterocycles. The molecule has 0 spiro atoms. The van der Waals surface area contributed by atoms with Crippen LogP contribution in [0.1, 0.15) is 38.5 Å². The Balaban J connectivity index is 1.84. The van der Waals surface area contributed by atoms with Crippen molar-refractivity contribution in [1.29, 1.82) is 0 Å². The van der Waals surface area contributed by atoms with E-state index in [1.54, 1.807) is 6.20 Å². The molecular formula is C14H26N6. The fourth-order valence-electron chi connectivity index (χ4n) is 2.46. The standard InChI is InChI=1S/C14H26N6/c1-20(2)10-9-15-13-11-16-19-14(18-13)17-12-7-5-3-4-6-8-12/h11-12H,3-10H2,1-2H3,(H2,15,17,18,19). The fraction of sp³-hybridized carbons (Fsp3) is 0.786. The molecule has 1 saturated carbocycles. The maximum atomic E-state index is 4.48. The second-order valence-corrected chi connectivity index (χ2v) is 5.73. The molecule has 1 aromatic heterocycles. The lowest BCUT2D eigenvalue weighted by atomic mass is 10.1. The summed E-state index contributed by atoms with van der Waals surface area (Å²) in [5.41, 5.74) is 0. The van der Waals surface area contributed by atoms with Gasteiger partial charge in [0.15, 0.2) is 5.82 Å². The van der Waals surface area contributed by atoms with Gasteiger partial charge in [0.1, 0.15) is 0 Å². The van der Waals surface area contributed by atoms with Gasteiger partial charge >= 0.3 is 0 Å². The van der Waals surface area contributed by atoms with Crippen LogP contribution in [0.3, 0.4) is 0 Å². The largest absolute Gasteiger partial charge is 0.367 e. The minimum Gasteiger partial charge on any atom is -0.367 e. The van der Waals surface area contributed by atoms with E-state index < -0.39 is 0 Å². The summed E-state index contributed by atoms with van der Waals surface area (Å²) in [5, 5.41) is 14.8. The SMILES string of the molecule is CN(C)CCNc1cnnc(NC2CCCCCC2)n1. The zero-order valence-corrected chi connectivity index (χ0v) is 12.6. The quantitative estimate of drug-likeness (QED) is 0.776. The summed E-state index contributed by atoms with van der Waals surface area (Å²) < 4.78 is 0. The Kier molecular flexibility index (Phi) is 5.98. The smallest absolute Gasteiger partial charge is 0.244 e. The van der Waals surface area contributed by atoms with Crippen molar-refractivity contribution < 1.29 is 0 Å². The fourth-order valence-corrected chi connectivity index (χ4v) is 2.46. The second kappa shape index (κ2) is 7.99. The van der Waals surface area contributed by atoms with Gasteiger partial charge in [0, 0.05) is 19.1 Å². The first-order valence-electron chi connectivity index (χ1n) is 7.59. The van der Waals surface area contributed by atoms with E-state index in [2.05, 4.69) is 44.8 Å². The molecular weight excluding hydrogens is 252 g/mol. The normalized spacial score (nSPS) is 16.9. The van der Waals surface area contributed by atoms with Gasteiger partial charge in [-0.3, -0.25) is 0 Å². The van der Waals surface area contributed by atoms with Crippen LogP contribution in [0.2, 0.25) is 0 Å². The third kappa shape index (κ3) is 5.28. The summed E-state index contributed by atoms with van der Waals surface area (Å²) >= 11 is 0. The molecule has 2 rings (SSSR count). The summed E-state index contributed by atoms with van der Waals surface area (Å²) in [6, 6.07) is 0.497. The monoisotopic (exact) mass is 278 g/mol. The van der Waals surface area contributed by atoms with Crippen LogP contribution in [-0.2, 0) is 0 Å². The number of hydrogen-bond donors (Lipinski definition) is 2. The maximum Gasteiger partial charge on any atom is 0.244 e. The van der Waals surface area contributed by atoms with Crippen LogP contribution in [0.4, 0.5) is 11.8 Å². The van der Waals surface area contributed by atoms with Gasteiger partial charge in [-0.05, 0) is 26.9 Å². The Morgan fingerprint density at radius 2 is 1.95 bits per heavy atom. The number of nitrogens with zero attached hydrogens (tertiary/aromatic N) is 4. The molecule has 1 aromatic rings. The van der Waals surface area contributed by atoms with Crippen LogP contribution < -0.4 is 10.6 Å². The van der Waals surface area contributed by atoms with Gasteiger partial charge in [-0.1, -0.05) is 25.7 Å². The number of anilines is 2. The van der Waals surface area contributed by atoms with Crippen molar-refractivity contribution in [3.05, 3.63) is 6.20 Å². The predicted octanol–water partition coefficient (Wildman–Crippen LogP) is 1.98. The molecule has 0 bridgehead atoms. The lowest BCUT2D eigenvalue weighted by Crippen LogP contribution is -2.22. The molecule has 0 atom stereocenters. The molecule has 6 heteroatoms. The first-order valence-corrected chi connectivity index (χ1v) is 7.59. The lowest BCUT2D eigenvalue weighted by molar-refractivity contribution is 0.425. The van der Waals surface area contributed by atoms with Crippen LogP contribution in [0, 0.1) is 0 Å². The molecule has 0 aromatic carbocycles. The zero-order valence-electron chi connectivity index (χ0n) is 12.6. The highest BCUT2D eigenvalue weighted by Crippen LogP contribution is 2.19. The van der Waals surface area contributed by atoms with E-state index in [1.807, 2.05) is 0 Å². The average molecular weight is 278 g/mol. The molecule has 6 nitrogen and oxygen atoms in total. The topological polar surface area (TPSA) is 66.0 Å². The van der Waals surface area contributed by atoms with Gasteiger partial charge in [-0.15, -0.1) is 5.10 Å². The Hall–Kier alpha value is -1.43. The van der Waals surface area contributed by atoms with E-state index in [0.29, 0.717) is 12.0 Å². The first-order chi connectivity index (χ1) is 9.74. The van der Waals surface area contributed by atoms with Gasteiger partial charge in [0.25, 0.3) is 0 Å². The summed E-state index contributed by atoms with van der Waals surface area (Å²) in [6.07, 6.45) is 9.39. The molecule has 1 aliphatic carbocycles. The van der Waals surface area contributed by atoms with Gasteiger partial charge in [-0.25, -0.2) is 0 Å². The maximum absolute atomic E-state index is 4.48. The summed E-state index contributed by atoms with van der Waals surface area (Å²) in [6.45, 7) is 1.82. The highest BCUT2D eigenvalue weighted by molar-refractivity contribution is 5.37. The molecule has 0 unspecified atom stereocenters. The molecule has 0 aliphatic heterocycles. The van der Waals surface area contributed by atoms with E-state index in [4.69, 9.17) is 0 Å². The van der Waals surface area contributed by atoms with Crippen LogP contribution in [0.15, 0.2) is 6.20 Å². The number of nitrogens with one attached hydrogen (secondary N) is 2. The zero-order chi connectivity index (χ0) is 14.2. The van der Waals surface area contributed by atoms with Gasteiger partial charge in [0.05, 0.1) is 6.20 Å². The van der Waals surface area contributed by atoms with Crippen molar-refractivity contribution >= 4 is 11.8 Å². The van der Waals surface area contributed by atoms with Crippen LogP contribution in [0.5, 0.6) is 0 Å². The minimum atomic E-state index is 0.497. The van der Waals surface area contributed by atoms with Crippen molar-refractivity contribution in [2.24, 2.45) is 0 Å². The van der Waals surface area contributed by atoms with Crippen molar-refractivity contribution in [1.82, 2.24) is 20.1 Å². The molecule has 2 N–H and O–H groups in total. The highest BCUT2D eigenvalue weighted by Gasteiger charge is 2.13. The van der Waals surface area contributed by atoms with E-state index in [0.717, 1.165) is 18.9 Å². The lowest BCUT2D eigenvalue weighted by Gasteiger charge is -2.16. The number of aromatic nitrogens is 3. The van der Waals surface area contributed by atoms with Crippen molar-refractivity contribution in [3.63, 3.8) is 0 Å². The van der Waals surface area contributed by atoms with Crippen LogP contribution >= 0.6 is 0 Å². The highest BCUT2D eigenvalue weighted by atomic mass is 15.3. The van der Waals surface area contributed by atoms with E-state index in [9.17, 15) is 0 Å². The summed E-state index contributed by atoms with van der Waals surface area (Å²) in [4.78, 5) is 6.61. The Labute approximate surface area is 121 Å². The van der Waals surface area contributed by atoms with Crippen LogP contribution in [-0.4, -0.2) is 53.3 Å². The Morgan fingerprint density at radius 1 is 1.20 bits per heavy atom. The summed E-state index contributed by atoms with van der Waals surface area (Å²) in [7, 11) is 4.11. The van der Waals surface area contributed by atoms with Crippen molar-refractivity contribution in [3.8, 4) is 0 Å². The average Bonchev–Trinajstić information content (AvgIpc) is 2.67. The molecule has 1 aliphatic rings. The molecule has 112 valence electrons. The first kappa shape index (κ1) is 15.0. The Bertz CT molecular complexity index is 387. The second-order valence-electron chi connectivity index (χ2n) is 5.73. The van der Waals surface area contributed by atoms with Gasteiger partial charge in [-0.2, -0.15) is 10.1 Å². The van der Waals surface area contributed by atoms with Gasteiger partial charge < -0.3 is 15.5 Å².